The van der Waals surface area contributed by atoms with E-state index in [-0.39, 0.29) is 19.1 Å². The molecule has 0 fully saturated rings. The van der Waals surface area contributed by atoms with Gasteiger partial charge in [-0.3, -0.25) is 20.4 Å². The Hall–Kier alpha value is -3.06. The number of carbonyl (C=O) groups is 2. The molecule has 1 heterocycles. The summed E-state index contributed by atoms with van der Waals surface area (Å²) < 4.78 is 7.15. The minimum atomic E-state index is -0.477. The van der Waals surface area contributed by atoms with Crippen LogP contribution in [0, 0.1) is 0 Å². The lowest BCUT2D eigenvalue weighted by Gasteiger charge is -2.11. The van der Waals surface area contributed by atoms with Gasteiger partial charge in [0.1, 0.15) is 18.1 Å². The second-order valence-corrected chi connectivity index (χ2v) is 6.24. The predicted molar refractivity (Wildman–Crippen MR) is 102 cm³/mol. The number of aromatic nitrogens is 2. The molecular weight excluding hydrogens is 368 g/mol. The third-order valence-corrected chi connectivity index (χ3v) is 4.09. The topological polar surface area (TPSA) is 85.3 Å². The van der Waals surface area contributed by atoms with Crippen LogP contribution in [0.3, 0.4) is 0 Å². The number of hydrogen-bond donors (Lipinski definition) is 2. The molecule has 1 aromatic heterocycles. The molecular formula is C19H19ClN4O3. The first-order valence-electron chi connectivity index (χ1n) is 8.47. The van der Waals surface area contributed by atoms with Crippen molar-refractivity contribution in [3.8, 4) is 5.75 Å². The quantitative estimate of drug-likeness (QED) is 0.637. The Morgan fingerprint density at radius 2 is 1.89 bits per heavy atom. The number of fused-ring (bicyclic) bond motifs is 1. The van der Waals surface area contributed by atoms with Gasteiger partial charge in [0.05, 0.1) is 11.0 Å². The summed E-state index contributed by atoms with van der Waals surface area (Å²) in [5.41, 5.74) is 6.44. The van der Waals surface area contributed by atoms with Crippen molar-refractivity contribution in [1.29, 1.82) is 0 Å². The molecule has 8 heteroatoms. The van der Waals surface area contributed by atoms with E-state index in [0.29, 0.717) is 17.2 Å². The maximum absolute atomic E-state index is 12.2. The van der Waals surface area contributed by atoms with Crippen LogP contribution in [0.25, 0.3) is 11.0 Å². The Labute approximate surface area is 161 Å². The Morgan fingerprint density at radius 3 is 2.67 bits per heavy atom. The predicted octanol–water partition coefficient (Wildman–Crippen LogP) is 2.48. The van der Waals surface area contributed by atoms with E-state index in [2.05, 4.69) is 15.8 Å². The van der Waals surface area contributed by atoms with Gasteiger partial charge < -0.3 is 9.30 Å². The number of halogens is 1. The molecule has 0 radical (unpaired) electrons. The number of hydrogen-bond acceptors (Lipinski definition) is 4. The zero-order valence-electron chi connectivity index (χ0n) is 14.7. The van der Waals surface area contributed by atoms with Crippen LogP contribution >= 0.6 is 11.6 Å². The summed E-state index contributed by atoms with van der Waals surface area (Å²) >= 11 is 5.85. The highest BCUT2D eigenvalue weighted by atomic mass is 35.5. The molecule has 7 nitrogen and oxygen atoms in total. The summed E-state index contributed by atoms with van der Waals surface area (Å²) in [5, 5.41) is 0.514. The van der Waals surface area contributed by atoms with Crippen LogP contribution in [-0.4, -0.2) is 28.0 Å². The molecule has 0 atom stereocenters. The molecule has 3 rings (SSSR count). The monoisotopic (exact) mass is 386 g/mol. The van der Waals surface area contributed by atoms with Crippen molar-refractivity contribution in [2.24, 2.45) is 0 Å². The molecule has 0 saturated carbocycles. The van der Waals surface area contributed by atoms with Crippen molar-refractivity contribution < 1.29 is 14.3 Å². The van der Waals surface area contributed by atoms with Crippen molar-refractivity contribution >= 4 is 34.4 Å². The Bertz CT molecular complexity index is 970. The van der Waals surface area contributed by atoms with Gasteiger partial charge in [0.25, 0.3) is 11.8 Å². The van der Waals surface area contributed by atoms with Crippen molar-refractivity contribution in [3.05, 3.63) is 59.4 Å². The molecule has 0 aliphatic rings. The third kappa shape index (κ3) is 4.77. The van der Waals surface area contributed by atoms with Gasteiger partial charge in [-0.2, -0.15) is 0 Å². The molecule has 2 amide bonds. The number of para-hydroxylation sites is 2. The molecule has 0 spiro atoms. The number of nitrogens with one attached hydrogen (secondary N) is 2. The zero-order chi connectivity index (χ0) is 19.2. The van der Waals surface area contributed by atoms with Crippen LogP contribution in [0.15, 0.2) is 48.5 Å². The number of amides is 2. The minimum absolute atomic E-state index is 0.0547. The maximum Gasteiger partial charge on any atom is 0.276 e. The van der Waals surface area contributed by atoms with Gasteiger partial charge in [-0.05, 0) is 30.3 Å². The van der Waals surface area contributed by atoms with Crippen molar-refractivity contribution in [2.45, 2.75) is 19.9 Å². The first-order valence-corrected chi connectivity index (χ1v) is 8.85. The molecule has 2 aromatic carbocycles. The number of hydrazine groups is 1. The van der Waals surface area contributed by atoms with Crippen LogP contribution in [0.2, 0.25) is 5.02 Å². The van der Waals surface area contributed by atoms with Crippen LogP contribution in [0.1, 0.15) is 12.7 Å². The maximum atomic E-state index is 12.2. The first kappa shape index (κ1) is 18.7. The standard InChI is InChI=1S/C19H19ClN4O3/c1-2-17-21-15-8-3-4-9-16(15)24(17)11-18(25)22-23-19(26)12-27-14-7-5-6-13(20)10-14/h3-10H,2,11-12H2,1H3,(H,22,25)(H,23,26). The van der Waals surface area contributed by atoms with E-state index in [4.69, 9.17) is 16.3 Å². The van der Waals surface area contributed by atoms with Gasteiger partial charge in [-0.15, -0.1) is 0 Å². The largest absolute Gasteiger partial charge is 0.484 e. The molecule has 0 saturated heterocycles. The fourth-order valence-electron chi connectivity index (χ4n) is 2.64. The highest BCUT2D eigenvalue weighted by molar-refractivity contribution is 6.30. The Balaban J connectivity index is 1.53. The molecule has 3 aromatic rings. The van der Waals surface area contributed by atoms with Crippen LogP contribution in [-0.2, 0) is 22.6 Å². The van der Waals surface area contributed by atoms with Crippen LogP contribution < -0.4 is 15.6 Å². The third-order valence-electron chi connectivity index (χ3n) is 3.86. The number of benzene rings is 2. The van der Waals surface area contributed by atoms with Gasteiger partial charge in [0.2, 0.25) is 0 Å². The van der Waals surface area contributed by atoms with E-state index in [1.165, 1.54) is 0 Å². The normalized spacial score (nSPS) is 10.6. The SMILES string of the molecule is CCc1nc2ccccc2n1CC(=O)NNC(=O)COc1cccc(Cl)c1. The fraction of sp³-hybridized carbons (Fsp3) is 0.211. The number of rotatable bonds is 6. The lowest BCUT2D eigenvalue weighted by molar-refractivity contribution is -0.130. The van der Waals surface area contributed by atoms with Crippen molar-refractivity contribution in [1.82, 2.24) is 20.4 Å². The number of aryl methyl sites for hydroxylation is 1. The number of ether oxygens (including phenoxy) is 1. The first-order chi connectivity index (χ1) is 13.1. The summed E-state index contributed by atoms with van der Waals surface area (Å²) in [5.74, 6) is 0.446. The van der Waals surface area contributed by atoms with Crippen LogP contribution in [0.4, 0.5) is 0 Å². The van der Waals surface area contributed by atoms with E-state index >= 15 is 0 Å². The van der Waals surface area contributed by atoms with Gasteiger partial charge in [-0.1, -0.05) is 36.7 Å². The summed E-state index contributed by atoms with van der Waals surface area (Å²) in [6.07, 6.45) is 0.696. The van der Waals surface area contributed by atoms with Gasteiger partial charge in [0.15, 0.2) is 6.61 Å². The van der Waals surface area contributed by atoms with Crippen LogP contribution in [0.5, 0.6) is 5.75 Å². The molecule has 0 aliphatic carbocycles. The van der Waals surface area contributed by atoms with E-state index < -0.39 is 5.91 Å². The minimum Gasteiger partial charge on any atom is -0.484 e. The Morgan fingerprint density at radius 1 is 1.11 bits per heavy atom. The molecule has 0 bridgehead atoms. The average Bonchev–Trinajstić information content (AvgIpc) is 3.02. The lowest BCUT2D eigenvalue weighted by atomic mass is 10.3. The van der Waals surface area contributed by atoms with E-state index in [0.717, 1.165) is 16.9 Å². The molecule has 27 heavy (non-hydrogen) atoms. The van der Waals surface area contributed by atoms with E-state index in [9.17, 15) is 9.59 Å². The van der Waals surface area contributed by atoms with Crippen molar-refractivity contribution in [3.63, 3.8) is 0 Å². The highest BCUT2D eigenvalue weighted by Gasteiger charge is 2.13. The van der Waals surface area contributed by atoms with E-state index in [1.54, 1.807) is 24.3 Å². The van der Waals surface area contributed by atoms with Gasteiger partial charge in [0, 0.05) is 11.4 Å². The van der Waals surface area contributed by atoms with Gasteiger partial charge >= 0.3 is 0 Å². The summed E-state index contributed by atoms with van der Waals surface area (Å²) in [7, 11) is 0. The molecule has 2 N–H and O–H groups in total. The molecule has 140 valence electrons. The lowest BCUT2D eigenvalue weighted by Crippen LogP contribution is -2.45. The van der Waals surface area contributed by atoms with E-state index in [1.807, 2.05) is 35.8 Å². The number of imidazole rings is 1. The number of nitrogens with zero attached hydrogens (tertiary/aromatic N) is 2. The second kappa shape index (κ2) is 8.55. The smallest absolute Gasteiger partial charge is 0.276 e. The summed E-state index contributed by atoms with van der Waals surface area (Å²) in [6, 6.07) is 14.3. The second-order valence-electron chi connectivity index (χ2n) is 5.80. The fourth-order valence-corrected chi connectivity index (χ4v) is 2.82. The molecule has 0 aliphatic heterocycles. The Kier molecular flexibility index (Phi) is 5.93. The average molecular weight is 387 g/mol. The van der Waals surface area contributed by atoms with Gasteiger partial charge in [-0.25, -0.2) is 4.98 Å². The summed E-state index contributed by atoms with van der Waals surface area (Å²) in [6.45, 7) is 1.79. The summed E-state index contributed by atoms with van der Waals surface area (Å²) in [4.78, 5) is 28.6. The number of carbonyl (C=O) groups excluding carboxylic acids is 2. The highest BCUT2D eigenvalue weighted by Crippen LogP contribution is 2.17. The van der Waals surface area contributed by atoms with Crippen molar-refractivity contribution in [2.75, 3.05) is 6.61 Å². The zero-order valence-corrected chi connectivity index (χ0v) is 15.5. The molecule has 0 unspecified atom stereocenters.